The summed E-state index contributed by atoms with van der Waals surface area (Å²) in [6.07, 6.45) is 2.80. The van der Waals surface area contributed by atoms with Crippen molar-refractivity contribution in [2.75, 3.05) is 23.3 Å². The van der Waals surface area contributed by atoms with Gasteiger partial charge in [0.2, 0.25) is 5.13 Å². The summed E-state index contributed by atoms with van der Waals surface area (Å²) in [4.78, 5) is 18.6. The number of amides is 1. The van der Waals surface area contributed by atoms with Gasteiger partial charge in [0.25, 0.3) is 5.91 Å². The van der Waals surface area contributed by atoms with Gasteiger partial charge in [-0.2, -0.15) is 0 Å². The molecule has 2 aromatic rings. The standard InChI is InChI=1S/C13H15N5OS/c1-9-4-5-18(7-9)11-3-2-10(6-14-11)12(19)16-13-17-15-8-20-13/h2-3,6,8-9H,4-5,7H2,1H3,(H,16,17,19). The molecule has 0 bridgehead atoms. The molecule has 2 aromatic heterocycles. The number of aromatic nitrogens is 3. The molecule has 6 nitrogen and oxygen atoms in total. The Morgan fingerprint density at radius 2 is 2.40 bits per heavy atom. The average Bonchev–Trinajstić information content (AvgIpc) is 3.10. The van der Waals surface area contributed by atoms with Crippen molar-refractivity contribution in [3.8, 4) is 0 Å². The van der Waals surface area contributed by atoms with Gasteiger partial charge in [0, 0.05) is 19.3 Å². The molecule has 0 aromatic carbocycles. The molecule has 1 aliphatic heterocycles. The Hall–Kier alpha value is -2.02. The van der Waals surface area contributed by atoms with Gasteiger partial charge in [0.05, 0.1) is 5.56 Å². The number of carbonyl (C=O) groups excluding carboxylic acids is 1. The van der Waals surface area contributed by atoms with E-state index < -0.39 is 0 Å². The first-order valence-electron chi connectivity index (χ1n) is 6.51. The zero-order valence-corrected chi connectivity index (χ0v) is 11.9. The Bertz CT molecular complexity index is 583. The second-order valence-corrected chi connectivity index (χ2v) is 5.78. The van der Waals surface area contributed by atoms with Gasteiger partial charge in [-0.15, -0.1) is 10.2 Å². The number of rotatable bonds is 3. The second kappa shape index (κ2) is 5.54. The molecule has 7 heteroatoms. The third-order valence-corrected chi connectivity index (χ3v) is 3.95. The Balaban J connectivity index is 1.68. The molecule has 1 fully saturated rings. The summed E-state index contributed by atoms with van der Waals surface area (Å²) in [6.45, 7) is 4.30. The number of carbonyl (C=O) groups is 1. The molecule has 1 unspecified atom stereocenters. The van der Waals surface area contributed by atoms with Gasteiger partial charge in [-0.1, -0.05) is 18.3 Å². The zero-order valence-electron chi connectivity index (χ0n) is 11.1. The quantitative estimate of drug-likeness (QED) is 0.936. The largest absolute Gasteiger partial charge is 0.356 e. The van der Waals surface area contributed by atoms with Gasteiger partial charge in [-0.25, -0.2) is 4.98 Å². The van der Waals surface area contributed by atoms with Crippen LogP contribution in [0.15, 0.2) is 23.8 Å². The van der Waals surface area contributed by atoms with Crippen LogP contribution in [0.25, 0.3) is 0 Å². The third-order valence-electron chi connectivity index (χ3n) is 3.34. The van der Waals surface area contributed by atoms with E-state index in [9.17, 15) is 4.79 Å². The summed E-state index contributed by atoms with van der Waals surface area (Å²) in [5.74, 6) is 1.43. The molecule has 104 valence electrons. The second-order valence-electron chi connectivity index (χ2n) is 4.94. The van der Waals surface area contributed by atoms with Crippen molar-refractivity contribution in [3.63, 3.8) is 0 Å². The van der Waals surface area contributed by atoms with Gasteiger partial charge in [-0.3, -0.25) is 10.1 Å². The van der Waals surface area contributed by atoms with Crippen molar-refractivity contribution >= 4 is 28.2 Å². The summed E-state index contributed by atoms with van der Waals surface area (Å²) in [5, 5.41) is 10.6. The molecule has 1 N–H and O–H groups in total. The average molecular weight is 289 g/mol. The lowest BCUT2D eigenvalue weighted by atomic mass is 10.2. The van der Waals surface area contributed by atoms with Crippen molar-refractivity contribution < 1.29 is 4.79 Å². The molecule has 3 rings (SSSR count). The first-order valence-corrected chi connectivity index (χ1v) is 7.39. The van der Waals surface area contributed by atoms with E-state index in [1.807, 2.05) is 6.07 Å². The number of pyridine rings is 1. The predicted molar refractivity (Wildman–Crippen MR) is 78.1 cm³/mol. The number of hydrogen-bond acceptors (Lipinski definition) is 6. The number of nitrogens with zero attached hydrogens (tertiary/aromatic N) is 4. The van der Waals surface area contributed by atoms with Gasteiger partial charge < -0.3 is 4.90 Å². The van der Waals surface area contributed by atoms with E-state index in [0.29, 0.717) is 16.6 Å². The highest BCUT2D eigenvalue weighted by Gasteiger charge is 2.20. The molecule has 1 amide bonds. The van der Waals surface area contributed by atoms with E-state index in [4.69, 9.17) is 0 Å². The van der Waals surface area contributed by atoms with E-state index in [0.717, 1.165) is 18.9 Å². The molecule has 1 saturated heterocycles. The van der Waals surface area contributed by atoms with Crippen LogP contribution in [0.3, 0.4) is 0 Å². The van der Waals surface area contributed by atoms with Crippen LogP contribution in [-0.2, 0) is 0 Å². The maximum atomic E-state index is 12.0. The van der Waals surface area contributed by atoms with Gasteiger partial charge >= 0.3 is 0 Å². The number of hydrogen-bond donors (Lipinski definition) is 1. The third kappa shape index (κ3) is 2.77. The Morgan fingerprint density at radius 1 is 1.50 bits per heavy atom. The lowest BCUT2D eigenvalue weighted by Crippen LogP contribution is -2.20. The lowest BCUT2D eigenvalue weighted by molar-refractivity contribution is 0.102. The highest BCUT2D eigenvalue weighted by atomic mass is 32.1. The van der Waals surface area contributed by atoms with Crippen LogP contribution in [-0.4, -0.2) is 34.2 Å². The fourth-order valence-electron chi connectivity index (χ4n) is 2.25. The molecule has 1 atom stereocenters. The van der Waals surface area contributed by atoms with E-state index in [-0.39, 0.29) is 5.91 Å². The number of nitrogens with one attached hydrogen (secondary N) is 1. The van der Waals surface area contributed by atoms with Crippen molar-refractivity contribution in [2.24, 2.45) is 5.92 Å². The van der Waals surface area contributed by atoms with Crippen LogP contribution in [0.1, 0.15) is 23.7 Å². The van der Waals surface area contributed by atoms with E-state index in [2.05, 4.69) is 32.3 Å². The summed E-state index contributed by atoms with van der Waals surface area (Å²) in [7, 11) is 0. The van der Waals surface area contributed by atoms with E-state index >= 15 is 0 Å². The highest BCUT2D eigenvalue weighted by Crippen LogP contribution is 2.21. The molecular formula is C13H15N5OS. The number of anilines is 2. The van der Waals surface area contributed by atoms with Gasteiger partial charge in [0.1, 0.15) is 11.3 Å². The SMILES string of the molecule is CC1CCN(c2ccc(C(=O)Nc3nncs3)cn2)C1. The van der Waals surface area contributed by atoms with Gasteiger partial charge in [-0.05, 0) is 24.5 Å². The first-order chi connectivity index (χ1) is 9.72. The molecule has 20 heavy (non-hydrogen) atoms. The minimum atomic E-state index is -0.212. The van der Waals surface area contributed by atoms with Crippen molar-refractivity contribution in [2.45, 2.75) is 13.3 Å². The molecule has 3 heterocycles. The van der Waals surface area contributed by atoms with Crippen LogP contribution < -0.4 is 10.2 Å². The van der Waals surface area contributed by atoms with Crippen LogP contribution in [0.5, 0.6) is 0 Å². The molecule has 0 spiro atoms. The van der Waals surface area contributed by atoms with Crippen LogP contribution in [0, 0.1) is 5.92 Å². The predicted octanol–water partition coefficient (Wildman–Crippen LogP) is 2.03. The Labute approximate surface area is 120 Å². The fourth-order valence-corrected chi connectivity index (χ4v) is 2.69. The van der Waals surface area contributed by atoms with Crippen molar-refractivity contribution in [1.29, 1.82) is 0 Å². The van der Waals surface area contributed by atoms with Crippen LogP contribution in [0.2, 0.25) is 0 Å². The lowest BCUT2D eigenvalue weighted by Gasteiger charge is -2.16. The van der Waals surface area contributed by atoms with Gasteiger partial charge in [0.15, 0.2) is 0 Å². The minimum Gasteiger partial charge on any atom is -0.356 e. The maximum Gasteiger partial charge on any atom is 0.259 e. The topological polar surface area (TPSA) is 71.0 Å². The smallest absolute Gasteiger partial charge is 0.259 e. The fraction of sp³-hybridized carbons (Fsp3) is 0.385. The van der Waals surface area contributed by atoms with Crippen LogP contribution in [0.4, 0.5) is 10.9 Å². The Morgan fingerprint density at radius 3 is 3.00 bits per heavy atom. The van der Waals surface area contributed by atoms with E-state index in [1.165, 1.54) is 17.8 Å². The molecule has 0 saturated carbocycles. The summed E-state index contributed by atoms with van der Waals surface area (Å²) >= 11 is 1.29. The monoisotopic (exact) mass is 289 g/mol. The highest BCUT2D eigenvalue weighted by molar-refractivity contribution is 7.13. The first kappa shape index (κ1) is 13.0. The van der Waals surface area contributed by atoms with Crippen molar-refractivity contribution in [3.05, 3.63) is 29.4 Å². The Kier molecular flexibility index (Phi) is 3.60. The van der Waals surface area contributed by atoms with E-state index in [1.54, 1.807) is 17.8 Å². The molecule has 0 radical (unpaired) electrons. The summed E-state index contributed by atoms with van der Waals surface area (Å²) in [5.41, 5.74) is 2.10. The summed E-state index contributed by atoms with van der Waals surface area (Å²) < 4.78 is 0. The molecular weight excluding hydrogens is 274 g/mol. The minimum absolute atomic E-state index is 0.212. The summed E-state index contributed by atoms with van der Waals surface area (Å²) in [6, 6.07) is 3.69. The van der Waals surface area contributed by atoms with Crippen molar-refractivity contribution in [1.82, 2.24) is 15.2 Å². The maximum absolute atomic E-state index is 12.0. The zero-order chi connectivity index (χ0) is 13.9. The molecule has 1 aliphatic rings. The van der Waals surface area contributed by atoms with Crippen LogP contribution >= 0.6 is 11.3 Å². The normalized spacial score (nSPS) is 18.2. The molecule has 0 aliphatic carbocycles.